The Morgan fingerprint density at radius 3 is 2.06 bits per heavy atom. The first-order valence-electron chi connectivity index (χ1n) is 11.9. The van der Waals surface area contributed by atoms with Crippen LogP contribution in [0.2, 0.25) is 0 Å². The largest absolute Gasteiger partial charge is 0.748 e. The van der Waals surface area contributed by atoms with Gasteiger partial charge in [0, 0.05) is 23.8 Å². The number of hydrogen-bond acceptors (Lipinski definition) is 5. The Balaban J connectivity index is 0.000000203. The zero-order chi connectivity index (χ0) is 26.1. The summed E-state index contributed by atoms with van der Waals surface area (Å²) in [7, 11) is -4.33. The quantitative estimate of drug-likeness (QED) is 0.285. The molecule has 190 valence electrons. The molecule has 0 spiro atoms. The van der Waals surface area contributed by atoms with Crippen LogP contribution in [0.4, 0.5) is 0 Å². The minimum Gasteiger partial charge on any atom is -0.748 e. The third-order valence-electron chi connectivity index (χ3n) is 7.37. The topological polar surface area (TPSA) is 91.3 Å². The molecule has 2 unspecified atom stereocenters. The maximum Gasteiger partial charge on any atom is 0.357 e. The molecule has 2 saturated carbocycles. The van der Waals surface area contributed by atoms with Crippen molar-refractivity contribution in [3.63, 3.8) is 0 Å². The highest BCUT2D eigenvalue weighted by Gasteiger charge is 2.64. The highest BCUT2D eigenvalue weighted by molar-refractivity contribution is 7.85. The van der Waals surface area contributed by atoms with Crippen LogP contribution in [-0.4, -0.2) is 30.3 Å². The third kappa shape index (κ3) is 6.80. The first kappa shape index (κ1) is 28.0. The van der Waals surface area contributed by atoms with Gasteiger partial charge in [0.2, 0.25) is 0 Å². The Labute approximate surface area is 220 Å². The Hall–Kier alpha value is -1.58. The second-order valence-corrected chi connectivity index (χ2v) is 15.9. The van der Waals surface area contributed by atoms with Crippen LogP contribution in [0.5, 0.6) is 0 Å². The number of benzene rings is 2. The summed E-state index contributed by atoms with van der Waals surface area (Å²) in [5, 5.41) is 0. The summed E-state index contributed by atoms with van der Waals surface area (Å²) in [6.45, 7) is 10.1. The molecule has 0 heterocycles. The fourth-order valence-corrected chi connectivity index (χ4v) is 8.79. The molecule has 0 amide bonds. The zero-order valence-corrected chi connectivity index (χ0v) is 24.1. The van der Waals surface area contributed by atoms with Crippen LogP contribution in [0.25, 0.3) is 0 Å². The molecule has 5 nitrogen and oxygen atoms in total. The summed E-state index contributed by atoms with van der Waals surface area (Å²) in [4.78, 5) is 24.0. The van der Waals surface area contributed by atoms with Crippen molar-refractivity contribution in [1.82, 2.24) is 0 Å². The molecule has 0 radical (unpaired) electrons. The van der Waals surface area contributed by atoms with Gasteiger partial charge in [0.15, 0.2) is 12.9 Å². The fourth-order valence-electron chi connectivity index (χ4n) is 5.30. The molecule has 7 heteroatoms. The lowest BCUT2D eigenvalue weighted by Crippen LogP contribution is -3.61. The molecule has 0 N–H and O–H groups in total. The van der Waals surface area contributed by atoms with Crippen LogP contribution in [0, 0.1) is 29.3 Å². The molecule has 2 fully saturated rings. The van der Waals surface area contributed by atoms with Gasteiger partial charge in [0.1, 0.15) is 5.78 Å². The predicted molar refractivity (Wildman–Crippen MR) is 132 cm³/mol. The number of carbonyl (C=O) groups is 2. The molecule has 2 aliphatic rings. The van der Waals surface area contributed by atoms with Crippen molar-refractivity contribution < 1.29 is 43.8 Å². The van der Waals surface area contributed by atoms with E-state index < -0.39 is 21.3 Å². The predicted octanol–water partition coefficient (Wildman–Crippen LogP) is 2.36. The van der Waals surface area contributed by atoms with Crippen molar-refractivity contribution in [2.45, 2.75) is 60.3 Å². The molecule has 0 aliphatic heterocycles. The minimum atomic E-state index is -4.33. The number of hydrogen-bond donors (Lipinski definition) is 0. The number of fused-ring (bicyclic) bond motifs is 2. The third-order valence-corrected chi connectivity index (χ3v) is 10.9. The lowest BCUT2D eigenvalue weighted by molar-refractivity contribution is -0.597. The van der Waals surface area contributed by atoms with E-state index in [-0.39, 0.29) is 49.5 Å². The van der Waals surface area contributed by atoms with E-state index in [0.29, 0.717) is 19.3 Å². The Morgan fingerprint density at radius 2 is 1.60 bits per heavy atom. The number of carbonyl (C=O) groups excluding carboxylic acids is 2. The summed E-state index contributed by atoms with van der Waals surface area (Å²) in [6, 6.07) is 18.7. The van der Waals surface area contributed by atoms with Gasteiger partial charge in [-0.2, -0.15) is 0 Å². The lowest BCUT2D eigenvalue weighted by Gasteiger charge is -2.37. The summed E-state index contributed by atoms with van der Waals surface area (Å²) >= 11 is -0.143. The van der Waals surface area contributed by atoms with E-state index in [0.717, 1.165) is 12.0 Å². The van der Waals surface area contributed by atoms with Gasteiger partial charge >= 0.3 is 21.2 Å². The Morgan fingerprint density at radius 1 is 1.03 bits per heavy atom. The van der Waals surface area contributed by atoms with Crippen molar-refractivity contribution >= 4 is 21.7 Å². The molecule has 4 rings (SSSR count). The Bertz CT molecular complexity index is 1160. The van der Waals surface area contributed by atoms with E-state index in [1.54, 1.807) is 0 Å². The van der Waals surface area contributed by atoms with Gasteiger partial charge in [-0.3, -0.25) is 9.59 Å². The van der Waals surface area contributed by atoms with Crippen LogP contribution >= 0.6 is 0 Å². The summed E-state index contributed by atoms with van der Waals surface area (Å²) < 4.78 is 35.4. The van der Waals surface area contributed by atoms with Gasteiger partial charge in [-0.15, -0.1) is 0 Å². The van der Waals surface area contributed by atoms with Gasteiger partial charge in [0.25, 0.3) is 0 Å². The van der Waals surface area contributed by atoms with Crippen LogP contribution in [0.1, 0.15) is 70.7 Å². The van der Waals surface area contributed by atoms with E-state index in [9.17, 15) is 22.6 Å². The van der Waals surface area contributed by atoms with Gasteiger partial charge in [-0.05, 0) is 66.0 Å². The van der Waals surface area contributed by atoms with Crippen molar-refractivity contribution in [2.75, 3.05) is 5.75 Å². The Kier molecular flexibility index (Phi) is 8.34. The van der Waals surface area contributed by atoms with E-state index in [2.05, 4.69) is 57.2 Å². The second-order valence-electron chi connectivity index (χ2n) is 11.4. The van der Waals surface area contributed by atoms with Crippen molar-refractivity contribution in [1.29, 1.82) is 0 Å². The van der Waals surface area contributed by atoms with E-state index >= 15 is 0 Å². The maximum absolute atomic E-state index is 12.1. The van der Waals surface area contributed by atoms with Crippen LogP contribution in [0.15, 0.2) is 54.6 Å². The molecule has 2 aromatic carbocycles. The summed E-state index contributed by atoms with van der Waals surface area (Å²) in [6.07, 6.45) is 2.47. The first-order valence-corrected chi connectivity index (χ1v) is 15.7. The molecule has 2 atom stereocenters. The zero-order valence-electron chi connectivity index (χ0n) is 21.1. The number of Topliss-reactive ketones (excluding diaryl/α,β-unsaturated/α-hetero) is 2. The first-order chi connectivity index (χ1) is 16.1. The molecular weight excluding hydrogens is 575 g/mol. The van der Waals surface area contributed by atoms with Gasteiger partial charge in [0.05, 0.1) is 15.9 Å². The maximum atomic E-state index is 12.1. The number of rotatable bonds is 6. The van der Waals surface area contributed by atoms with E-state index in [1.165, 1.54) is 7.14 Å². The summed E-state index contributed by atoms with van der Waals surface area (Å²) in [5.74, 6) is -0.0422. The molecular formula is C28H35IO5S. The molecule has 2 bridgehead atoms. The highest BCUT2D eigenvalue weighted by Crippen LogP contribution is 2.64. The molecule has 35 heavy (non-hydrogen) atoms. The minimum absolute atomic E-state index is 0.0248. The number of ketones is 2. The average Bonchev–Trinajstić information content (AvgIpc) is 3.07. The number of halogens is 1. The SMILES string of the molecule is CC(C)(C)CC(=O)c1ccc([I+]c2ccccc2)cc1.CC1(C)C2CCC1(CS(=O)(=O)[O-])C(=O)C2. The highest BCUT2D eigenvalue weighted by atomic mass is 127. The fraction of sp³-hybridized carbons (Fsp3) is 0.500. The van der Waals surface area contributed by atoms with Crippen LogP contribution in [-0.2, 0) is 14.9 Å². The molecule has 2 aromatic rings. The lowest BCUT2D eigenvalue weighted by atomic mass is 9.70. The van der Waals surface area contributed by atoms with Gasteiger partial charge < -0.3 is 4.55 Å². The second kappa shape index (κ2) is 10.4. The van der Waals surface area contributed by atoms with E-state index in [1.807, 2.05) is 32.0 Å². The average molecular weight is 611 g/mol. The monoisotopic (exact) mass is 610 g/mol. The van der Waals surface area contributed by atoms with E-state index in [4.69, 9.17) is 0 Å². The van der Waals surface area contributed by atoms with Crippen molar-refractivity contribution in [2.24, 2.45) is 22.2 Å². The summed E-state index contributed by atoms with van der Waals surface area (Å²) in [5.41, 5.74) is -0.340. The van der Waals surface area contributed by atoms with Crippen LogP contribution < -0.4 is 21.2 Å². The smallest absolute Gasteiger partial charge is 0.357 e. The normalized spacial score (nSPS) is 23.0. The molecule has 2 aliphatic carbocycles. The van der Waals surface area contributed by atoms with Crippen molar-refractivity contribution in [3.8, 4) is 0 Å². The van der Waals surface area contributed by atoms with Gasteiger partial charge in [-0.25, -0.2) is 8.42 Å². The van der Waals surface area contributed by atoms with Crippen LogP contribution in [0.3, 0.4) is 0 Å². The molecule has 0 saturated heterocycles. The van der Waals surface area contributed by atoms with Crippen molar-refractivity contribution in [3.05, 3.63) is 67.3 Å². The van der Waals surface area contributed by atoms with Gasteiger partial charge in [-0.1, -0.05) is 52.8 Å². The standard InChI is InChI=1S/C18H20IO.C10H16O4S/c1-18(2,3)13-17(20)14-9-11-16(12-10-14)19-15-7-5-4-6-8-15;1-9(2)7-3-4-10(9,8(11)5-7)6-15(12,13)14/h4-12H,13H2,1-3H3;7H,3-6H2,1-2H3,(H,12,13,14)/q+1;/p-1. The molecule has 0 aromatic heterocycles.